The van der Waals surface area contributed by atoms with E-state index in [-0.39, 0.29) is 0 Å². The fourth-order valence-electron chi connectivity index (χ4n) is 2.99. The van der Waals surface area contributed by atoms with Gasteiger partial charge >= 0.3 is 0 Å². The number of hydrogen-bond acceptors (Lipinski definition) is 8. The number of aliphatic hydroxyl groups is 4. The summed E-state index contributed by atoms with van der Waals surface area (Å²) >= 11 is 7.85. The number of halogens is 1. The predicted octanol–water partition coefficient (Wildman–Crippen LogP) is 0.958. The normalized spacial score (nSPS) is 28.3. The summed E-state index contributed by atoms with van der Waals surface area (Å²) in [5.41, 5.74) is 1.31. The Kier molecular flexibility index (Phi) is 6.69. The van der Waals surface area contributed by atoms with E-state index in [2.05, 4.69) is 9.97 Å². The van der Waals surface area contributed by atoms with Crippen molar-refractivity contribution in [2.45, 2.75) is 41.8 Å². The number of rotatable bonds is 5. The molecule has 0 amide bonds. The second-order valence-electron chi connectivity index (χ2n) is 6.32. The van der Waals surface area contributed by atoms with Gasteiger partial charge in [-0.25, -0.2) is 9.97 Å². The summed E-state index contributed by atoms with van der Waals surface area (Å²) in [6.07, 6.45) is -0.220. The van der Waals surface area contributed by atoms with Crippen LogP contribution in [0, 0.1) is 0 Å². The Morgan fingerprint density at radius 1 is 1.11 bits per heavy atom. The molecule has 9 heteroatoms. The highest BCUT2D eigenvalue weighted by Crippen LogP contribution is 2.34. The van der Waals surface area contributed by atoms with Crippen molar-refractivity contribution >= 4 is 23.4 Å². The third kappa shape index (κ3) is 4.43. The van der Waals surface area contributed by atoms with Gasteiger partial charge in [0.2, 0.25) is 0 Å². The van der Waals surface area contributed by atoms with Crippen LogP contribution in [0.4, 0.5) is 0 Å². The summed E-state index contributed by atoms with van der Waals surface area (Å²) in [6.45, 7) is -0.475. The molecule has 1 aliphatic heterocycles. The van der Waals surface area contributed by atoms with E-state index >= 15 is 0 Å². The first kappa shape index (κ1) is 20.5. The van der Waals surface area contributed by atoms with Gasteiger partial charge in [-0.3, -0.25) is 0 Å². The van der Waals surface area contributed by atoms with Crippen molar-refractivity contribution in [2.75, 3.05) is 12.9 Å². The van der Waals surface area contributed by atoms with Gasteiger partial charge in [-0.2, -0.15) is 0 Å². The number of nitrogens with zero attached hydrogens (tertiary/aromatic N) is 2. The fraction of sp³-hybridized carbons (Fsp3) is 0.444. The fourth-order valence-corrected chi connectivity index (χ4v) is 3.49. The summed E-state index contributed by atoms with van der Waals surface area (Å²) < 4.78 is 5.60. The van der Waals surface area contributed by atoms with Crippen LogP contribution < -0.4 is 0 Å². The summed E-state index contributed by atoms with van der Waals surface area (Å²) in [5, 5.41) is 40.1. The minimum atomic E-state index is -1.43. The molecule has 1 aliphatic rings. The smallest absolute Gasteiger partial charge is 0.132 e. The van der Waals surface area contributed by atoms with Crippen LogP contribution in [0.5, 0.6) is 0 Å². The second-order valence-corrected chi connectivity index (χ2v) is 7.60. The lowest BCUT2D eigenvalue weighted by Gasteiger charge is -2.40. The zero-order valence-corrected chi connectivity index (χ0v) is 16.1. The Morgan fingerprint density at radius 3 is 2.44 bits per heavy atom. The van der Waals surface area contributed by atoms with Crippen LogP contribution in [-0.2, 0) is 11.2 Å². The molecule has 1 saturated heterocycles. The van der Waals surface area contributed by atoms with Crippen LogP contribution in [-0.4, -0.2) is 67.7 Å². The van der Waals surface area contributed by atoms with Crippen LogP contribution in [0.1, 0.15) is 23.1 Å². The van der Waals surface area contributed by atoms with Gasteiger partial charge in [0, 0.05) is 28.7 Å². The summed E-state index contributed by atoms with van der Waals surface area (Å²) in [6, 6.07) is 5.10. The highest BCUT2D eigenvalue weighted by Gasteiger charge is 2.44. The average Bonchev–Trinajstić information content (AvgIpc) is 2.69. The quantitative estimate of drug-likeness (QED) is 0.536. The summed E-state index contributed by atoms with van der Waals surface area (Å²) in [7, 11) is 0. The first-order chi connectivity index (χ1) is 12.9. The molecule has 0 aliphatic carbocycles. The van der Waals surface area contributed by atoms with E-state index in [4.69, 9.17) is 16.3 Å². The molecule has 4 N–H and O–H groups in total. The Hall–Kier alpha value is -1.26. The van der Waals surface area contributed by atoms with Crippen molar-refractivity contribution in [1.82, 2.24) is 9.97 Å². The Morgan fingerprint density at radius 2 is 1.81 bits per heavy atom. The molecule has 3 rings (SSSR count). The van der Waals surface area contributed by atoms with E-state index in [1.54, 1.807) is 42.4 Å². The topological polar surface area (TPSA) is 116 Å². The number of hydrogen-bond donors (Lipinski definition) is 4. The molecular formula is C18H21ClN2O5S. The lowest BCUT2D eigenvalue weighted by molar-refractivity contribution is -0.231. The van der Waals surface area contributed by atoms with Crippen molar-refractivity contribution in [3.05, 3.63) is 52.6 Å². The van der Waals surface area contributed by atoms with Crippen molar-refractivity contribution < 1.29 is 25.2 Å². The highest BCUT2D eigenvalue weighted by molar-refractivity contribution is 7.98. The van der Waals surface area contributed by atoms with Gasteiger partial charge < -0.3 is 25.2 Å². The molecule has 0 saturated carbocycles. The van der Waals surface area contributed by atoms with Gasteiger partial charge in [0.1, 0.15) is 36.3 Å². The third-order valence-corrected chi connectivity index (χ3v) is 5.61. The van der Waals surface area contributed by atoms with Crippen molar-refractivity contribution in [3.8, 4) is 0 Å². The molecule has 0 radical (unpaired) electrons. The standard InChI is InChI=1S/C18H21ClN2O5S/c1-27-11-6-20-14(21-7-11)5-10-4-9(2-3-12(10)19)18-17(25)16(24)15(23)13(8-22)26-18/h2-4,6-7,13,15-18,22-25H,5,8H2,1H3/t13-,15-,16+,17-,18+/m1/s1. The largest absolute Gasteiger partial charge is 0.394 e. The lowest BCUT2D eigenvalue weighted by atomic mass is 9.90. The molecule has 0 unspecified atom stereocenters. The van der Waals surface area contributed by atoms with Gasteiger partial charge in [-0.05, 0) is 23.4 Å². The maximum absolute atomic E-state index is 10.3. The molecule has 0 spiro atoms. The Labute approximate surface area is 166 Å². The van der Waals surface area contributed by atoms with E-state index in [9.17, 15) is 20.4 Å². The number of ether oxygens (including phenoxy) is 1. The molecule has 1 aromatic heterocycles. The van der Waals surface area contributed by atoms with Gasteiger partial charge in [0.15, 0.2) is 0 Å². The van der Waals surface area contributed by atoms with E-state index in [0.717, 1.165) is 10.5 Å². The number of aliphatic hydroxyl groups excluding tert-OH is 4. The molecular weight excluding hydrogens is 392 g/mol. The van der Waals surface area contributed by atoms with E-state index < -0.39 is 37.1 Å². The van der Waals surface area contributed by atoms with Crippen LogP contribution in [0.3, 0.4) is 0 Å². The monoisotopic (exact) mass is 412 g/mol. The molecule has 1 aromatic carbocycles. The lowest BCUT2D eigenvalue weighted by Crippen LogP contribution is -2.55. The van der Waals surface area contributed by atoms with Crippen molar-refractivity contribution in [3.63, 3.8) is 0 Å². The SMILES string of the molecule is CSc1cnc(Cc2cc([C@@H]3O[C@H](CO)[C@@H](O)[C@H](O)[C@H]3O)ccc2Cl)nc1. The predicted molar refractivity (Wildman–Crippen MR) is 101 cm³/mol. The number of aromatic nitrogens is 2. The van der Waals surface area contributed by atoms with Crippen LogP contribution in [0.2, 0.25) is 5.02 Å². The highest BCUT2D eigenvalue weighted by atomic mass is 35.5. The van der Waals surface area contributed by atoms with E-state index in [1.807, 2.05) is 6.26 Å². The van der Waals surface area contributed by atoms with E-state index in [1.165, 1.54) is 0 Å². The zero-order chi connectivity index (χ0) is 19.6. The molecule has 146 valence electrons. The maximum Gasteiger partial charge on any atom is 0.132 e. The Bertz CT molecular complexity index is 777. The van der Waals surface area contributed by atoms with Gasteiger partial charge in [0.05, 0.1) is 6.61 Å². The van der Waals surface area contributed by atoms with Crippen molar-refractivity contribution in [1.29, 1.82) is 0 Å². The van der Waals surface area contributed by atoms with Crippen molar-refractivity contribution in [2.24, 2.45) is 0 Å². The van der Waals surface area contributed by atoms with Gasteiger partial charge in [0.25, 0.3) is 0 Å². The summed E-state index contributed by atoms with van der Waals surface area (Å²) in [5.74, 6) is 0.598. The average molecular weight is 413 g/mol. The molecule has 1 fully saturated rings. The first-order valence-corrected chi connectivity index (χ1v) is 9.98. The third-order valence-electron chi connectivity index (χ3n) is 4.56. The molecule has 0 bridgehead atoms. The van der Waals surface area contributed by atoms with E-state index in [0.29, 0.717) is 22.8 Å². The zero-order valence-electron chi connectivity index (χ0n) is 14.6. The van der Waals surface area contributed by atoms with Crippen LogP contribution in [0.15, 0.2) is 35.5 Å². The summed E-state index contributed by atoms with van der Waals surface area (Å²) in [4.78, 5) is 9.58. The first-order valence-electron chi connectivity index (χ1n) is 8.38. The van der Waals surface area contributed by atoms with Gasteiger partial charge in [-0.15, -0.1) is 11.8 Å². The minimum absolute atomic E-state index is 0.388. The van der Waals surface area contributed by atoms with Crippen LogP contribution in [0.25, 0.3) is 0 Å². The molecule has 2 aromatic rings. The molecule has 2 heterocycles. The maximum atomic E-state index is 10.3. The number of benzene rings is 1. The van der Waals surface area contributed by atoms with Gasteiger partial charge in [-0.1, -0.05) is 23.7 Å². The minimum Gasteiger partial charge on any atom is -0.394 e. The van der Waals surface area contributed by atoms with Crippen LogP contribution >= 0.6 is 23.4 Å². The molecule has 7 nitrogen and oxygen atoms in total. The Balaban J connectivity index is 1.85. The second kappa shape index (κ2) is 8.83. The molecule has 27 heavy (non-hydrogen) atoms. The number of thioether (sulfide) groups is 1. The molecule has 5 atom stereocenters.